The number of hydrogen-bond donors (Lipinski definition) is 2. The second-order valence-corrected chi connectivity index (χ2v) is 6.28. The molecule has 29 heavy (non-hydrogen) atoms. The minimum absolute atomic E-state index is 0.130. The normalized spacial score (nSPS) is 11.6. The average Bonchev–Trinajstić information content (AvgIpc) is 3.25. The summed E-state index contributed by atoms with van der Waals surface area (Å²) >= 11 is 0. The van der Waals surface area contributed by atoms with E-state index in [0.29, 0.717) is 18.5 Å². The Balaban J connectivity index is 1.76. The largest absolute Gasteiger partial charge is 0.352 e. The van der Waals surface area contributed by atoms with Crippen LogP contribution in [0.5, 0.6) is 0 Å². The van der Waals surface area contributed by atoms with E-state index >= 15 is 0 Å². The second-order valence-electron chi connectivity index (χ2n) is 6.28. The first-order chi connectivity index (χ1) is 14.2. The molecule has 6 heteroatoms. The zero-order valence-electron chi connectivity index (χ0n) is 16.3. The summed E-state index contributed by atoms with van der Waals surface area (Å²) in [5.74, 6) is -0.130. The molecular weight excluding hydrogens is 362 g/mol. The molecule has 0 aliphatic carbocycles. The van der Waals surface area contributed by atoms with Crippen LogP contribution in [0.15, 0.2) is 78.1 Å². The molecule has 6 nitrogen and oxygen atoms in total. The number of carbonyl (C=O) groups is 1. The number of aliphatic imine (C=N–C) groups is 1. The van der Waals surface area contributed by atoms with Crippen LogP contribution in [-0.4, -0.2) is 34.4 Å². The molecule has 2 aromatic heterocycles. The molecule has 0 spiro atoms. The Morgan fingerprint density at radius 2 is 2.07 bits per heavy atom. The molecule has 0 fully saturated rings. The zero-order chi connectivity index (χ0) is 20.5. The Morgan fingerprint density at radius 1 is 1.24 bits per heavy atom. The SMILES string of the molecule is C=N/C=C\C(=C/C)c1cc(-c2ccccc2C(=O)NCCc2ccccn2)[nH]n1. The van der Waals surface area contributed by atoms with Gasteiger partial charge in [-0.05, 0) is 49.6 Å². The van der Waals surface area contributed by atoms with E-state index in [-0.39, 0.29) is 5.91 Å². The Bertz CT molecular complexity index is 1030. The Morgan fingerprint density at radius 3 is 2.83 bits per heavy atom. The predicted molar refractivity (Wildman–Crippen MR) is 117 cm³/mol. The van der Waals surface area contributed by atoms with Crippen molar-refractivity contribution < 1.29 is 4.79 Å². The number of aromatic amines is 1. The maximum atomic E-state index is 12.8. The van der Waals surface area contributed by atoms with E-state index in [0.717, 1.165) is 28.2 Å². The summed E-state index contributed by atoms with van der Waals surface area (Å²) in [5, 5.41) is 10.4. The molecule has 0 saturated carbocycles. The Hall–Kier alpha value is -3.80. The Labute approximate surface area is 170 Å². The summed E-state index contributed by atoms with van der Waals surface area (Å²) in [6.07, 6.45) is 7.83. The molecule has 3 aromatic rings. The number of H-pyrrole nitrogens is 1. The lowest BCUT2D eigenvalue weighted by molar-refractivity contribution is 0.0954. The van der Waals surface area contributed by atoms with Crippen molar-refractivity contribution in [3.8, 4) is 11.3 Å². The van der Waals surface area contributed by atoms with Gasteiger partial charge in [0.05, 0.1) is 11.4 Å². The predicted octanol–water partition coefficient (Wildman–Crippen LogP) is 4.06. The van der Waals surface area contributed by atoms with Crippen molar-refractivity contribution in [1.82, 2.24) is 20.5 Å². The first-order valence-corrected chi connectivity index (χ1v) is 9.35. The van der Waals surface area contributed by atoms with Crippen LogP contribution in [0.2, 0.25) is 0 Å². The van der Waals surface area contributed by atoms with Gasteiger partial charge >= 0.3 is 0 Å². The number of nitrogens with zero attached hydrogens (tertiary/aromatic N) is 3. The molecule has 0 unspecified atom stereocenters. The monoisotopic (exact) mass is 385 g/mol. The van der Waals surface area contributed by atoms with Crippen molar-refractivity contribution in [2.75, 3.05) is 6.54 Å². The van der Waals surface area contributed by atoms with E-state index in [1.807, 2.05) is 67.6 Å². The van der Waals surface area contributed by atoms with Crippen molar-refractivity contribution in [2.24, 2.45) is 4.99 Å². The van der Waals surface area contributed by atoms with E-state index in [4.69, 9.17) is 0 Å². The number of amides is 1. The molecule has 2 N–H and O–H groups in total. The molecule has 0 atom stereocenters. The van der Waals surface area contributed by atoms with Crippen LogP contribution in [0.4, 0.5) is 0 Å². The first kappa shape index (κ1) is 19.9. The third-order valence-corrected chi connectivity index (χ3v) is 4.40. The summed E-state index contributed by atoms with van der Waals surface area (Å²) in [6, 6.07) is 15.1. The third-order valence-electron chi connectivity index (χ3n) is 4.40. The van der Waals surface area contributed by atoms with Crippen LogP contribution in [-0.2, 0) is 6.42 Å². The van der Waals surface area contributed by atoms with Crippen LogP contribution in [0.3, 0.4) is 0 Å². The molecule has 0 saturated heterocycles. The zero-order valence-corrected chi connectivity index (χ0v) is 16.3. The molecule has 0 bridgehead atoms. The van der Waals surface area contributed by atoms with Crippen molar-refractivity contribution in [3.05, 3.63) is 90.0 Å². The molecular formula is C23H23N5O. The van der Waals surface area contributed by atoms with Crippen LogP contribution in [0.25, 0.3) is 16.8 Å². The fourth-order valence-corrected chi connectivity index (χ4v) is 2.93. The van der Waals surface area contributed by atoms with Gasteiger partial charge in [-0.25, -0.2) is 0 Å². The van der Waals surface area contributed by atoms with Gasteiger partial charge in [-0.3, -0.25) is 19.9 Å². The Kier molecular flexibility index (Phi) is 6.84. The number of aromatic nitrogens is 3. The molecule has 3 rings (SSSR count). The average molecular weight is 385 g/mol. The third kappa shape index (κ3) is 5.13. The van der Waals surface area contributed by atoms with Crippen molar-refractivity contribution in [1.29, 1.82) is 0 Å². The topological polar surface area (TPSA) is 83.0 Å². The highest BCUT2D eigenvalue weighted by Gasteiger charge is 2.14. The minimum atomic E-state index is -0.130. The van der Waals surface area contributed by atoms with E-state index < -0.39 is 0 Å². The maximum Gasteiger partial charge on any atom is 0.251 e. The first-order valence-electron chi connectivity index (χ1n) is 9.35. The van der Waals surface area contributed by atoms with Gasteiger partial charge in [-0.15, -0.1) is 0 Å². The minimum Gasteiger partial charge on any atom is -0.352 e. The van der Waals surface area contributed by atoms with Crippen molar-refractivity contribution >= 4 is 18.2 Å². The smallest absolute Gasteiger partial charge is 0.251 e. The lowest BCUT2D eigenvalue weighted by Crippen LogP contribution is -2.26. The number of benzene rings is 1. The summed E-state index contributed by atoms with van der Waals surface area (Å²) < 4.78 is 0. The van der Waals surface area contributed by atoms with Gasteiger partial charge in [0.2, 0.25) is 0 Å². The van der Waals surface area contributed by atoms with Crippen LogP contribution < -0.4 is 5.32 Å². The van der Waals surface area contributed by atoms with Gasteiger partial charge in [0.15, 0.2) is 0 Å². The van der Waals surface area contributed by atoms with Gasteiger partial charge in [0.25, 0.3) is 5.91 Å². The fraction of sp³-hybridized carbons (Fsp3) is 0.130. The fourth-order valence-electron chi connectivity index (χ4n) is 2.93. The number of nitrogens with one attached hydrogen (secondary N) is 2. The number of pyridine rings is 1. The lowest BCUT2D eigenvalue weighted by atomic mass is 10.0. The van der Waals surface area contributed by atoms with E-state index in [2.05, 4.69) is 32.2 Å². The molecule has 2 heterocycles. The maximum absolute atomic E-state index is 12.8. The quantitative estimate of drug-likeness (QED) is 0.453. The van der Waals surface area contributed by atoms with Crippen LogP contribution in [0, 0.1) is 0 Å². The summed E-state index contributed by atoms with van der Waals surface area (Å²) in [4.78, 5) is 20.8. The van der Waals surface area contributed by atoms with Crippen molar-refractivity contribution in [3.63, 3.8) is 0 Å². The molecule has 0 aliphatic heterocycles. The molecule has 1 amide bonds. The van der Waals surface area contributed by atoms with E-state index in [1.165, 1.54) is 0 Å². The number of hydrogen-bond acceptors (Lipinski definition) is 4. The van der Waals surface area contributed by atoms with Crippen LogP contribution >= 0.6 is 0 Å². The van der Waals surface area contributed by atoms with Crippen LogP contribution in [0.1, 0.15) is 28.7 Å². The van der Waals surface area contributed by atoms with Gasteiger partial charge in [-0.1, -0.05) is 30.3 Å². The van der Waals surface area contributed by atoms with Gasteiger partial charge < -0.3 is 5.32 Å². The van der Waals surface area contributed by atoms with E-state index in [9.17, 15) is 4.79 Å². The highest BCUT2D eigenvalue weighted by molar-refractivity contribution is 6.00. The molecule has 0 aliphatic rings. The highest BCUT2D eigenvalue weighted by atomic mass is 16.1. The standard InChI is InChI=1S/C23H23N5O/c1-3-17(11-14-24-2)21-16-22(28-27-21)19-9-4-5-10-20(19)23(29)26-15-12-18-8-6-7-13-25-18/h3-11,13-14,16H,2,12,15H2,1H3,(H,26,29)(H,27,28)/b14-11-,17-3+. The highest BCUT2D eigenvalue weighted by Crippen LogP contribution is 2.25. The summed E-state index contributed by atoms with van der Waals surface area (Å²) in [5.41, 5.74) is 4.79. The second kappa shape index (κ2) is 9.94. The molecule has 146 valence electrons. The van der Waals surface area contributed by atoms with Gasteiger partial charge in [0, 0.05) is 42.2 Å². The number of rotatable bonds is 8. The molecule has 0 radical (unpaired) electrons. The molecule has 1 aromatic carbocycles. The van der Waals surface area contributed by atoms with Crippen molar-refractivity contribution in [2.45, 2.75) is 13.3 Å². The van der Waals surface area contributed by atoms with E-state index in [1.54, 1.807) is 12.4 Å². The summed E-state index contributed by atoms with van der Waals surface area (Å²) in [6.45, 7) is 5.89. The van der Waals surface area contributed by atoms with Gasteiger partial charge in [-0.2, -0.15) is 5.10 Å². The summed E-state index contributed by atoms with van der Waals surface area (Å²) in [7, 11) is 0. The number of allylic oxidation sites excluding steroid dienone is 3. The lowest BCUT2D eigenvalue weighted by Gasteiger charge is -2.09. The van der Waals surface area contributed by atoms with Gasteiger partial charge in [0.1, 0.15) is 0 Å². The number of carbonyl (C=O) groups excluding carboxylic acids is 1.